The first-order valence-electron chi connectivity index (χ1n) is 4.20. The maximum atomic E-state index is 11.4. The molecule has 0 bridgehead atoms. The Kier molecular flexibility index (Phi) is 6.55. The Labute approximate surface area is 79.6 Å². The van der Waals surface area contributed by atoms with E-state index in [-0.39, 0.29) is 6.73 Å². The van der Waals surface area contributed by atoms with E-state index in [4.69, 9.17) is 4.52 Å². The first-order valence-corrected chi connectivity index (χ1v) is 5.66. The van der Waals surface area contributed by atoms with Gasteiger partial charge < -0.3 is 0 Å². The Hall–Kier alpha value is 0.0700. The van der Waals surface area contributed by atoms with Gasteiger partial charge in [-0.1, -0.05) is 13.8 Å². The van der Waals surface area contributed by atoms with Gasteiger partial charge in [-0.15, -0.1) is 0 Å². The summed E-state index contributed by atoms with van der Waals surface area (Å²) in [6, 6.07) is 0. The van der Waals surface area contributed by atoms with Crippen LogP contribution in [0.3, 0.4) is 0 Å². The van der Waals surface area contributed by atoms with Crippen LogP contribution >= 0.6 is 7.82 Å². The van der Waals surface area contributed by atoms with E-state index in [1.165, 1.54) is 14.2 Å². The highest BCUT2D eigenvalue weighted by Gasteiger charge is 2.23. The van der Waals surface area contributed by atoms with Gasteiger partial charge >= 0.3 is 7.82 Å². The minimum Gasteiger partial charge on any atom is -0.290 e. The van der Waals surface area contributed by atoms with Crippen molar-refractivity contribution in [1.29, 1.82) is 0 Å². The molecule has 0 aromatic rings. The van der Waals surface area contributed by atoms with Crippen LogP contribution in [0.15, 0.2) is 0 Å². The van der Waals surface area contributed by atoms with Crippen LogP contribution in [-0.4, -0.2) is 38.9 Å². The van der Waals surface area contributed by atoms with Gasteiger partial charge in [0.1, 0.15) is 6.73 Å². The lowest BCUT2D eigenvalue weighted by Gasteiger charge is -2.20. The fourth-order valence-corrected chi connectivity index (χ4v) is 1.40. The van der Waals surface area contributed by atoms with Crippen LogP contribution in [0.1, 0.15) is 13.8 Å². The Bertz CT molecular complexity index is 164. The topological polar surface area (TPSA) is 48.0 Å². The van der Waals surface area contributed by atoms with Crippen molar-refractivity contribution >= 4 is 7.82 Å². The molecule has 0 spiro atoms. The molecule has 6 heteroatoms. The smallest absolute Gasteiger partial charge is 0.290 e. The molecule has 0 aliphatic rings. The van der Waals surface area contributed by atoms with E-state index in [0.717, 1.165) is 13.1 Å². The second kappa shape index (κ2) is 6.51. The molecule has 80 valence electrons. The van der Waals surface area contributed by atoms with Crippen LogP contribution in [0, 0.1) is 0 Å². The summed E-state index contributed by atoms with van der Waals surface area (Å²) in [5, 5.41) is 0. The molecule has 0 aliphatic heterocycles. The van der Waals surface area contributed by atoms with Crippen LogP contribution in [0.25, 0.3) is 0 Å². The molecule has 0 unspecified atom stereocenters. The maximum absolute atomic E-state index is 11.4. The Morgan fingerprint density at radius 3 is 1.92 bits per heavy atom. The lowest BCUT2D eigenvalue weighted by Crippen LogP contribution is -2.25. The summed E-state index contributed by atoms with van der Waals surface area (Å²) >= 11 is 0. The molecule has 13 heavy (non-hydrogen) atoms. The molecule has 0 saturated heterocycles. The third-order valence-corrected chi connectivity index (χ3v) is 3.07. The number of hydrogen-bond donors (Lipinski definition) is 0. The number of rotatable bonds is 7. The Balaban J connectivity index is 3.91. The monoisotopic (exact) mass is 211 g/mol. The summed E-state index contributed by atoms with van der Waals surface area (Å²) in [5.74, 6) is 0. The summed E-state index contributed by atoms with van der Waals surface area (Å²) in [6.45, 7) is 5.93. The van der Waals surface area contributed by atoms with E-state index in [1.54, 1.807) is 0 Å². The van der Waals surface area contributed by atoms with Gasteiger partial charge in [0.25, 0.3) is 0 Å². The first-order chi connectivity index (χ1) is 6.11. The molecular weight excluding hydrogens is 193 g/mol. The molecule has 0 fully saturated rings. The molecule has 0 heterocycles. The number of phosphoric acid groups is 1. The molecule has 0 atom stereocenters. The lowest BCUT2D eigenvalue weighted by atomic mass is 10.6. The van der Waals surface area contributed by atoms with E-state index >= 15 is 0 Å². The van der Waals surface area contributed by atoms with Crippen molar-refractivity contribution in [2.45, 2.75) is 13.8 Å². The van der Waals surface area contributed by atoms with Crippen LogP contribution in [-0.2, 0) is 18.1 Å². The molecular formula is C7H18NO4P. The van der Waals surface area contributed by atoms with Crippen molar-refractivity contribution < 1.29 is 18.1 Å². The Morgan fingerprint density at radius 2 is 1.62 bits per heavy atom. The van der Waals surface area contributed by atoms with E-state index in [0.29, 0.717) is 0 Å². The van der Waals surface area contributed by atoms with E-state index < -0.39 is 7.82 Å². The molecule has 0 amide bonds. The van der Waals surface area contributed by atoms with Crippen molar-refractivity contribution in [3.8, 4) is 0 Å². The lowest BCUT2D eigenvalue weighted by molar-refractivity contribution is 0.0813. The zero-order valence-corrected chi connectivity index (χ0v) is 9.54. The molecule has 0 saturated carbocycles. The zero-order chi connectivity index (χ0) is 10.3. The predicted octanol–water partition coefficient (Wildman–Crippen LogP) is 1.70. The molecule has 0 rings (SSSR count). The second-order valence-corrected chi connectivity index (χ2v) is 4.26. The molecule has 5 nitrogen and oxygen atoms in total. The Morgan fingerprint density at radius 1 is 1.15 bits per heavy atom. The van der Waals surface area contributed by atoms with Crippen molar-refractivity contribution in [1.82, 2.24) is 4.90 Å². The van der Waals surface area contributed by atoms with Gasteiger partial charge in [0, 0.05) is 14.2 Å². The van der Waals surface area contributed by atoms with Gasteiger partial charge in [0.05, 0.1) is 0 Å². The summed E-state index contributed by atoms with van der Waals surface area (Å²) < 4.78 is 25.6. The number of phosphoric ester groups is 1. The average Bonchev–Trinajstić information content (AvgIpc) is 2.19. The first kappa shape index (κ1) is 13.1. The SMILES string of the molecule is CCN(CC)COP(=O)(OC)OC. The predicted molar refractivity (Wildman–Crippen MR) is 50.5 cm³/mol. The van der Waals surface area contributed by atoms with Crippen molar-refractivity contribution in [2.75, 3.05) is 34.0 Å². The molecule has 0 N–H and O–H groups in total. The van der Waals surface area contributed by atoms with Crippen LogP contribution in [0.4, 0.5) is 0 Å². The number of nitrogens with zero attached hydrogens (tertiary/aromatic N) is 1. The highest BCUT2D eigenvalue weighted by atomic mass is 31.2. The summed E-state index contributed by atoms with van der Waals surface area (Å²) in [7, 11) is -0.707. The van der Waals surface area contributed by atoms with Crippen molar-refractivity contribution in [3.05, 3.63) is 0 Å². The highest BCUT2D eigenvalue weighted by molar-refractivity contribution is 7.48. The average molecular weight is 211 g/mol. The maximum Gasteiger partial charge on any atom is 0.475 e. The summed E-state index contributed by atoms with van der Waals surface area (Å²) in [4.78, 5) is 1.96. The summed E-state index contributed by atoms with van der Waals surface area (Å²) in [5.41, 5.74) is 0. The van der Waals surface area contributed by atoms with Crippen LogP contribution < -0.4 is 0 Å². The van der Waals surface area contributed by atoms with Gasteiger partial charge in [0.2, 0.25) is 0 Å². The van der Waals surface area contributed by atoms with Gasteiger partial charge in [-0.2, -0.15) is 0 Å². The highest BCUT2D eigenvalue weighted by Crippen LogP contribution is 2.47. The molecule has 0 aromatic heterocycles. The zero-order valence-electron chi connectivity index (χ0n) is 8.65. The minimum atomic E-state index is -3.30. The van der Waals surface area contributed by atoms with Gasteiger partial charge in [0.15, 0.2) is 0 Å². The van der Waals surface area contributed by atoms with E-state index in [1.807, 2.05) is 18.7 Å². The second-order valence-electron chi connectivity index (χ2n) is 2.37. The fraction of sp³-hybridized carbons (Fsp3) is 1.00. The van der Waals surface area contributed by atoms with Crippen LogP contribution in [0.5, 0.6) is 0 Å². The van der Waals surface area contributed by atoms with Gasteiger partial charge in [-0.3, -0.25) is 18.5 Å². The van der Waals surface area contributed by atoms with Gasteiger partial charge in [-0.25, -0.2) is 4.57 Å². The normalized spacial score (nSPS) is 12.4. The van der Waals surface area contributed by atoms with Crippen molar-refractivity contribution in [3.63, 3.8) is 0 Å². The van der Waals surface area contributed by atoms with E-state index in [9.17, 15) is 4.57 Å². The standard InChI is InChI=1S/C7H18NO4P/c1-5-8(6-2)7-12-13(9,10-3)11-4/h5-7H2,1-4H3. The van der Waals surface area contributed by atoms with Crippen molar-refractivity contribution in [2.24, 2.45) is 0 Å². The quantitative estimate of drug-likeness (QED) is 0.474. The largest absolute Gasteiger partial charge is 0.475 e. The summed E-state index contributed by atoms with van der Waals surface area (Å²) in [6.07, 6.45) is 0. The van der Waals surface area contributed by atoms with Gasteiger partial charge in [-0.05, 0) is 13.1 Å². The molecule has 0 radical (unpaired) electrons. The third kappa shape index (κ3) is 4.74. The molecule has 0 aliphatic carbocycles. The minimum absolute atomic E-state index is 0.256. The third-order valence-electron chi connectivity index (χ3n) is 1.74. The fourth-order valence-electron chi connectivity index (χ4n) is 0.738. The van der Waals surface area contributed by atoms with Crippen LogP contribution in [0.2, 0.25) is 0 Å². The van der Waals surface area contributed by atoms with E-state index in [2.05, 4.69) is 9.05 Å². The number of hydrogen-bond acceptors (Lipinski definition) is 5. The molecule has 0 aromatic carbocycles.